The van der Waals surface area contributed by atoms with Gasteiger partial charge >= 0.3 is 12.0 Å². The van der Waals surface area contributed by atoms with Gasteiger partial charge in [0.1, 0.15) is 5.01 Å². The molecule has 1 atom stereocenters. The monoisotopic (exact) mass is 299 g/mol. The van der Waals surface area contributed by atoms with Gasteiger partial charge in [0.15, 0.2) is 5.54 Å². The molecule has 1 aromatic rings. The summed E-state index contributed by atoms with van der Waals surface area (Å²) in [6.07, 6.45) is 2.96. The van der Waals surface area contributed by atoms with Crippen LogP contribution >= 0.6 is 11.3 Å². The summed E-state index contributed by atoms with van der Waals surface area (Å²) in [5.41, 5.74) is -1.32. The highest BCUT2D eigenvalue weighted by molar-refractivity contribution is 7.11. The van der Waals surface area contributed by atoms with Crippen LogP contribution < -0.4 is 10.6 Å². The van der Waals surface area contributed by atoms with Crippen molar-refractivity contribution in [3.63, 3.8) is 0 Å². The first-order valence-electron chi connectivity index (χ1n) is 6.36. The highest BCUT2D eigenvalue weighted by Crippen LogP contribution is 2.19. The molecule has 7 nitrogen and oxygen atoms in total. The molecule has 1 unspecified atom stereocenters. The third-order valence-corrected chi connectivity index (χ3v) is 4.28. The van der Waals surface area contributed by atoms with Crippen LogP contribution in [0.2, 0.25) is 0 Å². The van der Waals surface area contributed by atoms with Crippen molar-refractivity contribution >= 4 is 23.3 Å². The number of aliphatic carboxylic acids is 1. The maximum atomic E-state index is 11.8. The number of carboxylic acid groups (broad SMARTS) is 1. The van der Waals surface area contributed by atoms with Crippen molar-refractivity contribution in [2.24, 2.45) is 0 Å². The molecule has 0 aromatic carbocycles. The Morgan fingerprint density at radius 1 is 1.60 bits per heavy atom. The summed E-state index contributed by atoms with van der Waals surface area (Å²) in [4.78, 5) is 28.4. The fourth-order valence-corrected chi connectivity index (χ4v) is 2.70. The summed E-state index contributed by atoms with van der Waals surface area (Å²) in [6.45, 7) is 2.65. The van der Waals surface area contributed by atoms with E-state index in [4.69, 9.17) is 4.74 Å². The van der Waals surface area contributed by atoms with E-state index in [9.17, 15) is 14.7 Å². The molecule has 1 aromatic heterocycles. The first-order valence-corrected chi connectivity index (χ1v) is 7.18. The summed E-state index contributed by atoms with van der Waals surface area (Å²) in [5, 5.41) is 15.1. The lowest BCUT2D eigenvalue weighted by Gasteiger charge is -2.23. The lowest BCUT2D eigenvalue weighted by Crippen LogP contribution is -2.57. The maximum absolute atomic E-state index is 11.8. The van der Waals surface area contributed by atoms with E-state index in [1.54, 1.807) is 6.20 Å². The van der Waals surface area contributed by atoms with E-state index in [0.717, 1.165) is 16.3 Å². The predicted molar refractivity (Wildman–Crippen MR) is 72.7 cm³/mol. The number of hydrogen-bond acceptors (Lipinski definition) is 5. The van der Waals surface area contributed by atoms with Gasteiger partial charge in [0.05, 0.1) is 13.2 Å². The zero-order chi connectivity index (χ0) is 14.6. The molecule has 0 saturated carbocycles. The van der Waals surface area contributed by atoms with E-state index in [-0.39, 0.29) is 19.6 Å². The fourth-order valence-electron chi connectivity index (χ4n) is 1.90. The van der Waals surface area contributed by atoms with Gasteiger partial charge in [0, 0.05) is 24.1 Å². The Labute approximate surface area is 120 Å². The predicted octanol–water partition coefficient (Wildman–Crippen LogP) is 0.748. The van der Waals surface area contributed by atoms with Crippen LogP contribution in [0, 0.1) is 0 Å². The van der Waals surface area contributed by atoms with E-state index in [1.165, 1.54) is 11.3 Å². The Morgan fingerprint density at radius 2 is 2.40 bits per heavy atom. The average molecular weight is 299 g/mol. The van der Waals surface area contributed by atoms with Crippen molar-refractivity contribution in [1.29, 1.82) is 0 Å². The number of aryl methyl sites for hydroxylation is 1. The second-order valence-corrected chi connectivity index (χ2v) is 5.77. The van der Waals surface area contributed by atoms with Gasteiger partial charge in [0.25, 0.3) is 0 Å². The molecule has 1 aliphatic rings. The van der Waals surface area contributed by atoms with Crippen molar-refractivity contribution in [2.45, 2.75) is 31.8 Å². The largest absolute Gasteiger partial charge is 0.479 e. The number of thiazole rings is 1. The van der Waals surface area contributed by atoms with Gasteiger partial charge in [-0.25, -0.2) is 14.6 Å². The smallest absolute Gasteiger partial charge is 0.332 e. The summed E-state index contributed by atoms with van der Waals surface area (Å²) in [7, 11) is 0. The Hall–Kier alpha value is -1.67. The molecule has 1 fully saturated rings. The quantitative estimate of drug-likeness (QED) is 0.745. The SMILES string of the molecule is CCc1cnc(CNC(=O)NC2(C(=O)O)CCOC2)s1. The molecule has 20 heavy (non-hydrogen) atoms. The van der Waals surface area contributed by atoms with Gasteiger partial charge < -0.3 is 20.5 Å². The van der Waals surface area contributed by atoms with E-state index in [2.05, 4.69) is 15.6 Å². The van der Waals surface area contributed by atoms with Crippen LogP contribution in [-0.4, -0.2) is 40.8 Å². The average Bonchev–Trinajstić information content (AvgIpc) is 3.05. The van der Waals surface area contributed by atoms with E-state index >= 15 is 0 Å². The van der Waals surface area contributed by atoms with Crippen LogP contribution in [0.25, 0.3) is 0 Å². The van der Waals surface area contributed by atoms with Crippen LogP contribution in [0.5, 0.6) is 0 Å². The Balaban J connectivity index is 1.87. The van der Waals surface area contributed by atoms with Crippen molar-refractivity contribution in [1.82, 2.24) is 15.6 Å². The number of rotatable bonds is 5. The first kappa shape index (κ1) is 14.7. The number of carbonyl (C=O) groups excluding carboxylic acids is 1. The van der Waals surface area contributed by atoms with Crippen molar-refractivity contribution < 1.29 is 19.4 Å². The second-order valence-electron chi connectivity index (χ2n) is 4.57. The number of hydrogen-bond donors (Lipinski definition) is 3. The van der Waals surface area contributed by atoms with Crippen LogP contribution in [0.4, 0.5) is 4.79 Å². The molecule has 2 amide bonds. The standard InChI is InChI=1S/C12H17N3O4S/c1-2-8-5-13-9(20-8)6-14-11(18)15-12(10(16)17)3-4-19-7-12/h5H,2-4,6-7H2,1H3,(H,16,17)(H2,14,15,18). The lowest BCUT2D eigenvalue weighted by atomic mass is 9.99. The van der Waals surface area contributed by atoms with E-state index in [0.29, 0.717) is 6.61 Å². The summed E-state index contributed by atoms with van der Waals surface area (Å²) >= 11 is 1.53. The summed E-state index contributed by atoms with van der Waals surface area (Å²) < 4.78 is 5.07. The normalized spacial score (nSPS) is 21.6. The summed E-state index contributed by atoms with van der Waals surface area (Å²) in [6, 6.07) is -0.522. The minimum atomic E-state index is -1.32. The molecular weight excluding hydrogens is 282 g/mol. The number of nitrogens with one attached hydrogen (secondary N) is 2. The van der Waals surface area contributed by atoms with Gasteiger partial charge in [-0.2, -0.15) is 0 Å². The molecule has 3 N–H and O–H groups in total. The van der Waals surface area contributed by atoms with Gasteiger partial charge in [-0.1, -0.05) is 6.92 Å². The van der Waals surface area contributed by atoms with E-state index in [1.807, 2.05) is 6.92 Å². The van der Waals surface area contributed by atoms with Gasteiger partial charge in [-0.15, -0.1) is 11.3 Å². The van der Waals surface area contributed by atoms with Crippen LogP contribution in [-0.2, 0) is 22.5 Å². The van der Waals surface area contributed by atoms with Crippen LogP contribution in [0.3, 0.4) is 0 Å². The lowest BCUT2D eigenvalue weighted by molar-refractivity contribution is -0.144. The number of ether oxygens (including phenoxy) is 1. The number of carbonyl (C=O) groups is 2. The minimum Gasteiger partial charge on any atom is -0.479 e. The number of carboxylic acids is 1. The van der Waals surface area contributed by atoms with Gasteiger partial charge in [-0.3, -0.25) is 0 Å². The van der Waals surface area contributed by atoms with Gasteiger partial charge in [0.2, 0.25) is 0 Å². The number of urea groups is 1. The fraction of sp³-hybridized carbons (Fsp3) is 0.583. The first-order chi connectivity index (χ1) is 9.55. The molecule has 1 aliphatic heterocycles. The zero-order valence-corrected chi connectivity index (χ0v) is 12.0. The Kier molecular flexibility index (Phi) is 4.56. The molecule has 2 heterocycles. The molecule has 0 bridgehead atoms. The molecule has 0 aliphatic carbocycles. The molecule has 2 rings (SSSR count). The molecule has 0 spiro atoms. The number of amides is 2. The van der Waals surface area contributed by atoms with Crippen molar-refractivity contribution in [3.05, 3.63) is 16.1 Å². The second kappa shape index (κ2) is 6.19. The maximum Gasteiger partial charge on any atom is 0.332 e. The zero-order valence-electron chi connectivity index (χ0n) is 11.1. The van der Waals surface area contributed by atoms with Crippen molar-refractivity contribution in [2.75, 3.05) is 13.2 Å². The Bertz CT molecular complexity index is 497. The highest BCUT2D eigenvalue weighted by Gasteiger charge is 2.43. The third-order valence-electron chi connectivity index (χ3n) is 3.13. The topological polar surface area (TPSA) is 101 Å². The molecule has 110 valence electrons. The minimum absolute atomic E-state index is 0.00696. The van der Waals surface area contributed by atoms with Crippen LogP contribution in [0.1, 0.15) is 23.2 Å². The van der Waals surface area contributed by atoms with Crippen LogP contribution in [0.15, 0.2) is 6.20 Å². The molecule has 0 radical (unpaired) electrons. The number of nitrogens with zero attached hydrogens (tertiary/aromatic N) is 1. The number of aromatic nitrogens is 1. The third kappa shape index (κ3) is 3.26. The molecular formula is C12H17N3O4S. The summed E-state index contributed by atoms with van der Waals surface area (Å²) in [5.74, 6) is -1.08. The highest BCUT2D eigenvalue weighted by atomic mass is 32.1. The molecule has 1 saturated heterocycles. The van der Waals surface area contributed by atoms with Crippen molar-refractivity contribution in [3.8, 4) is 0 Å². The van der Waals surface area contributed by atoms with Gasteiger partial charge in [-0.05, 0) is 6.42 Å². The van der Waals surface area contributed by atoms with E-state index < -0.39 is 17.5 Å². The molecule has 8 heteroatoms. The Morgan fingerprint density at radius 3 is 2.95 bits per heavy atom.